The van der Waals surface area contributed by atoms with E-state index in [4.69, 9.17) is 19.4 Å². The summed E-state index contributed by atoms with van der Waals surface area (Å²) in [6.45, 7) is 0. The second-order valence-corrected chi connectivity index (χ2v) is 15.5. The fourth-order valence-corrected chi connectivity index (χ4v) is 9.03. The maximum absolute atomic E-state index is 7.22. The van der Waals surface area contributed by atoms with Gasteiger partial charge in [-0.15, -0.1) is 0 Å². The highest BCUT2D eigenvalue weighted by atomic mass is 16.5. The predicted molar refractivity (Wildman–Crippen MR) is 246 cm³/mol. The Morgan fingerprint density at radius 2 is 1.02 bits per heavy atom. The Balaban J connectivity index is 1.07. The second kappa shape index (κ2) is 13.5. The lowest BCUT2D eigenvalue weighted by Gasteiger charge is -2.38. The van der Waals surface area contributed by atoms with E-state index in [1.807, 2.05) is 67.0 Å². The van der Waals surface area contributed by atoms with Crippen LogP contribution in [-0.2, 0) is 0 Å². The summed E-state index contributed by atoms with van der Waals surface area (Å²) in [4.78, 5) is 22.3. The monoisotopic (exact) mass is 796 g/mol. The molecule has 2 aliphatic rings. The first-order chi connectivity index (χ1) is 30.7. The van der Waals surface area contributed by atoms with Crippen LogP contribution in [0.15, 0.2) is 194 Å². The van der Waals surface area contributed by atoms with E-state index >= 15 is 0 Å². The van der Waals surface area contributed by atoms with Crippen molar-refractivity contribution in [3.63, 3.8) is 0 Å². The molecule has 0 spiro atoms. The minimum Gasteiger partial charge on any atom is -0.453 e. The Morgan fingerprint density at radius 1 is 0.419 bits per heavy atom. The van der Waals surface area contributed by atoms with E-state index in [0.29, 0.717) is 23.2 Å². The molecular weight excluding hydrogens is 765 g/mol. The molecule has 0 saturated heterocycles. The fourth-order valence-electron chi connectivity index (χ4n) is 9.03. The standard InChI is InChI=1S/C54H32N6O2/c1-2-12-33(13-3-1)34-20-22-35(23-21-34)50-39-15-4-6-18-43(39)57-54(58-50)60-44-19-7-5-14-38(44)40-32-49-52-53(51(40)60)62-48-31-37(42-17-9-11-29-56-42)25-27-46(48)59(52)45-26-24-36(30-47(45)61-49)41-16-8-10-28-55-41/h1-32H. The second-order valence-electron chi connectivity index (χ2n) is 15.5. The molecule has 0 atom stereocenters. The minimum absolute atomic E-state index is 0.536. The first-order valence-corrected chi connectivity index (χ1v) is 20.5. The number of ether oxygens (including phenoxy) is 2. The molecule has 0 aliphatic carbocycles. The Bertz CT molecular complexity index is 3560. The lowest BCUT2D eigenvalue weighted by atomic mass is 10.0. The number of hydrogen-bond donors (Lipinski definition) is 0. The van der Waals surface area contributed by atoms with Crippen LogP contribution < -0.4 is 14.4 Å². The molecule has 13 rings (SSSR count). The van der Waals surface area contributed by atoms with Crippen LogP contribution in [0.4, 0.5) is 17.1 Å². The summed E-state index contributed by atoms with van der Waals surface area (Å²) in [6, 6.07) is 62.2. The van der Waals surface area contributed by atoms with Gasteiger partial charge in [0.25, 0.3) is 0 Å². The normalized spacial score (nSPS) is 12.4. The lowest BCUT2D eigenvalue weighted by molar-refractivity contribution is 0.449. The average molecular weight is 797 g/mol. The van der Waals surface area contributed by atoms with Gasteiger partial charge in [-0.3, -0.25) is 19.4 Å². The summed E-state index contributed by atoms with van der Waals surface area (Å²) in [6.07, 6.45) is 3.62. The molecule has 0 saturated carbocycles. The Hall–Kier alpha value is -8.62. The molecule has 0 N–H and O–H groups in total. The SMILES string of the molecule is c1ccc(-c2ccc(-c3nc(-n4c5ccccc5c5cc6c7c(c54)Oc4cc(-c5ccccn5)ccc4N7c4ccc(-c5ccccn5)cc4O6)nc4ccccc34)cc2)cc1. The summed E-state index contributed by atoms with van der Waals surface area (Å²) in [5.41, 5.74) is 13.0. The number of rotatable bonds is 5. The van der Waals surface area contributed by atoms with Crippen LogP contribution in [0.2, 0.25) is 0 Å². The summed E-state index contributed by atoms with van der Waals surface area (Å²) in [5, 5.41) is 2.94. The number of anilines is 3. The highest BCUT2D eigenvalue weighted by Crippen LogP contribution is 2.63. The van der Waals surface area contributed by atoms with Crippen molar-refractivity contribution in [2.24, 2.45) is 0 Å². The van der Waals surface area contributed by atoms with Crippen molar-refractivity contribution >= 4 is 49.8 Å². The van der Waals surface area contributed by atoms with Crippen LogP contribution in [0.1, 0.15) is 0 Å². The van der Waals surface area contributed by atoms with E-state index < -0.39 is 0 Å². The van der Waals surface area contributed by atoms with Gasteiger partial charge in [0.15, 0.2) is 23.0 Å². The van der Waals surface area contributed by atoms with Crippen LogP contribution in [0, 0.1) is 0 Å². The van der Waals surface area contributed by atoms with Crippen LogP contribution in [0.3, 0.4) is 0 Å². The third-order valence-electron chi connectivity index (χ3n) is 11.9. The maximum Gasteiger partial charge on any atom is 0.235 e. The van der Waals surface area contributed by atoms with Crippen molar-refractivity contribution in [3.05, 3.63) is 194 Å². The quantitative estimate of drug-likeness (QED) is 0.172. The number of benzene rings is 7. The zero-order valence-corrected chi connectivity index (χ0v) is 33.0. The Kier molecular flexibility index (Phi) is 7.43. The molecule has 0 radical (unpaired) electrons. The molecule has 0 unspecified atom stereocenters. The number of para-hydroxylation sites is 2. The molecule has 7 aromatic carbocycles. The van der Waals surface area contributed by atoms with Crippen LogP contribution in [-0.4, -0.2) is 24.5 Å². The van der Waals surface area contributed by atoms with Crippen molar-refractivity contribution in [2.45, 2.75) is 0 Å². The maximum atomic E-state index is 7.22. The van der Waals surface area contributed by atoms with E-state index in [1.54, 1.807) is 0 Å². The molecule has 290 valence electrons. The van der Waals surface area contributed by atoms with Gasteiger partial charge in [-0.25, -0.2) is 9.97 Å². The zero-order valence-electron chi connectivity index (χ0n) is 33.0. The third-order valence-corrected chi connectivity index (χ3v) is 11.9. The molecule has 4 aromatic heterocycles. The first kappa shape index (κ1) is 34.3. The molecule has 62 heavy (non-hydrogen) atoms. The first-order valence-electron chi connectivity index (χ1n) is 20.5. The van der Waals surface area contributed by atoms with E-state index in [9.17, 15) is 0 Å². The summed E-state index contributed by atoms with van der Waals surface area (Å²) >= 11 is 0. The van der Waals surface area contributed by atoms with Gasteiger partial charge in [0.2, 0.25) is 5.95 Å². The smallest absolute Gasteiger partial charge is 0.235 e. The molecule has 8 heteroatoms. The van der Waals surface area contributed by atoms with Gasteiger partial charge in [-0.1, -0.05) is 115 Å². The van der Waals surface area contributed by atoms with Gasteiger partial charge in [0.05, 0.1) is 39.5 Å². The predicted octanol–water partition coefficient (Wildman–Crippen LogP) is 13.9. The van der Waals surface area contributed by atoms with Gasteiger partial charge in [0, 0.05) is 45.2 Å². The fraction of sp³-hybridized carbons (Fsp3) is 0. The van der Waals surface area contributed by atoms with Gasteiger partial charge in [-0.05, 0) is 77.9 Å². The molecule has 2 aliphatic heterocycles. The van der Waals surface area contributed by atoms with E-state index in [-0.39, 0.29) is 0 Å². The largest absolute Gasteiger partial charge is 0.453 e. The van der Waals surface area contributed by atoms with Crippen molar-refractivity contribution in [1.82, 2.24) is 24.5 Å². The average Bonchev–Trinajstić information content (AvgIpc) is 3.68. The number of pyridine rings is 2. The number of hydrogen-bond acceptors (Lipinski definition) is 7. The van der Waals surface area contributed by atoms with Gasteiger partial charge in [-0.2, -0.15) is 0 Å². The van der Waals surface area contributed by atoms with Gasteiger partial charge >= 0.3 is 0 Å². The third kappa shape index (κ3) is 5.27. The van der Waals surface area contributed by atoms with Crippen LogP contribution >= 0.6 is 0 Å². The molecule has 0 fully saturated rings. The van der Waals surface area contributed by atoms with Crippen molar-refractivity contribution in [1.29, 1.82) is 0 Å². The number of nitrogens with zero attached hydrogens (tertiary/aromatic N) is 6. The molecular formula is C54H32N6O2. The van der Waals surface area contributed by atoms with E-state index in [1.165, 1.54) is 0 Å². The summed E-state index contributed by atoms with van der Waals surface area (Å²) < 4.78 is 16.3. The number of aromatic nitrogens is 5. The lowest BCUT2D eigenvalue weighted by Crippen LogP contribution is -2.21. The van der Waals surface area contributed by atoms with Crippen molar-refractivity contribution < 1.29 is 9.47 Å². The van der Waals surface area contributed by atoms with Crippen molar-refractivity contribution in [3.8, 4) is 73.8 Å². The molecule has 8 nitrogen and oxygen atoms in total. The molecule has 6 heterocycles. The Morgan fingerprint density at radius 3 is 1.73 bits per heavy atom. The molecule has 11 aromatic rings. The zero-order chi connectivity index (χ0) is 40.7. The highest BCUT2D eigenvalue weighted by Gasteiger charge is 2.38. The van der Waals surface area contributed by atoms with E-state index in [0.717, 1.165) is 100 Å². The topological polar surface area (TPSA) is 78.2 Å². The highest BCUT2D eigenvalue weighted by molar-refractivity contribution is 6.16. The Labute approximate surface area is 355 Å². The van der Waals surface area contributed by atoms with Gasteiger partial charge < -0.3 is 9.47 Å². The molecule has 0 amide bonds. The molecule has 0 bridgehead atoms. The van der Waals surface area contributed by atoms with Crippen LogP contribution in [0.5, 0.6) is 23.0 Å². The summed E-state index contributed by atoms with van der Waals surface area (Å²) in [5.74, 6) is 3.27. The minimum atomic E-state index is 0.536. The van der Waals surface area contributed by atoms with Crippen LogP contribution in [0.25, 0.3) is 83.6 Å². The summed E-state index contributed by atoms with van der Waals surface area (Å²) in [7, 11) is 0. The van der Waals surface area contributed by atoms with Crippen molar-refractivity contribution in [2.75, 3.05) is 4.90 Å². The number of fused-ring (bicyclic) bond motifs is 9. The van der Waals surface area contributed by atoms with E-state index in [2.05, 4.69) is 147 Å². The van der Waals surface area contributed by atoms with Gasteiger partial charge in [0.1, 0.15) is 11.2 Å².